The van der Waals surface area contributed by atoms with Crippen molar-refractivity contribution in [3.8, 4) is 11.3 Å². The van der Waals surface area contributed by atoms with Crippen molar-refractivity contribution in [2.75, 3.05) is 5.73 Å². The number of rotatable bonds is 1. The lowest BCUT2D eigenvalue weighted by molar-refractivity contribution is 1.31. The van der Waals surface area contributed by atoms with Crippen molar-refractivity contribution in [2.45, 2.75) is 0 Å². The summed E-state index contributed by atoms with van der Waals surface area (Å²) in [5, 5.41) is 0. The highest BCUT2D eigenvalue weighted by Gasteiger charge is 1.97. The van der Waals surface area contributed by atoms with Crippen molar-refractivity contribution in [1.82, 2.24) is 4.98 Å². The van der Waals surface area contributed by atoms with Crippen LogP contribution in [0, 0.1) is 3.57 Å². The van der Waals surface area contributed by atoms with Crippen LogP contribution in [0.5, 0.6) is 0 Å². The second-order valence-electron chi connectivity index (χ2n) is 2.98. The molecule has 0 atom stereocenters. The third kappa shape index (κ3) is 2.04. The number of hydrogen-bond acceptors (Lipinski definition) is 2. The summed E-state index contributed by atoms with van der Waals surface area (Å²) in [6, 6.07) is 11.8. The van der Waals surface area contributed by atoms with Crippen molar-refractivity contribution in [2.24, 2.45) is 0 Å². The molecule has 2 nitrogen and oxygen atoms in total. The van der Waals surface area contributed by atoms with E-state index in [9.17, 15) is 0 Å². The predicted octanol–water partition coefficient (Wildman–Crippen LogP) is 2.94. The summed E-state index contributed by atoms with van der Waals surface area (Å²) in [7, 11) is 0. The van der Waals surface area contributed by atoms with E-state index in [1.54, 1.807) is 0 Å². The molecular weight excluding hydrogens is 287 g/mol. The van der Waals surface area contributed by atoms with E-state index in [-0.39, 0.29) is 0 Å². The number of nitrogens with zero attached hydrogens (tertiary/aromatic N) is 1. The number of hydrogen-bond donors (Lipinski definition) is 1. The molecule has 0 aliphatic heterocycles. The Morgan fingerprint density at radius 1 is 1.00 bits per heavy atom. The van der Waals surface area contributed by atoms with E-state index in [4.69, 9.17) is 5.73 Å². The van der Waals surface area contributed by atoms with Gasteiger partial charge >= 0.3 is 0 Å². The van der Waals surface area contributed by atoms with Gasteiger partial charge in [0.1, 0.15) is 0 Å². The number of nitrogens with two attached hydrogens (primary N) is 1. The zero-order valence-electron chi connectivity index (χ0n) is 7.44. The smallest absolute Gasteiger partial charge is 0.0702 e. The molecular formula is C11H9IN2. The quantitative estimate of drug-likeness (QED) is 0.649. The molecule has 2 aromatic rings. The number of anilines is 1. The molecule has 0 amide bonds. The summed E-state index contributed by atoms with van der Waals surface area (Å²) in [6.07, 6.45) is 1.85. The normalized spacial score (nSPS) is 10.1. The van der Waals surface area contributed by atoms with E-state index in [1.807, 2.05) is 42.6 Å². The molecule has 0 bridgehead atoms. The highest BCUT2D eigenvalue weighted by Crippen LogP contribution is 2.18. The molecule has 0 unspecified atom stereocenters. The minimum absolute atomic E-state index is 0.777. The Morgan fingerprint density at radius 2 is 1.71 bits per heavy atom. The average Bonchev–Trinajstić information content (AvgIpc) is 2.21. The second-order valence-corrected chi connectivity index (χ2v) is 4.23. The van der Waals surface area contributed by atoms with E-state index >= 15 is 0 Å². The molecule has 0 radical (unpaired) electrons. The summed E-state index contributed by atoms with van der Waals surface area (Å²) < 4.78 is 1.14. The summed E-state index contributed by atoms with van der Waals surface area (Å²) >= 11 is 2.24. The van der Waals surface area contributed by atoms with Crippen LogP contribution in [-0.2, 0) is 0 Å². The van der Waals surface area contributed by atoms with E-state index in [2.05, 4.69) is 27.6 Å². The Hall–Kier alpha value is -1.10. The largest absolute Gasteiger partial charge is 0.399 e. The van der Waals surface area contributed by atoms with Crippen LogP contribution in [0.3, 0.4) is 0 Å². The van der Waals surface area contributed by atoms with Crippen LogP contribution in [0.25, 0.3) is 11.3 Å². The molecule has 0 aliphatic rings. The van der Waals surface area contributed by atoms with E-state index in [1.165, 1.54) is 0 Å². The molecule has 70 valence electrons. The van der Waals surface area contributed by atoms with Gasteiger partial charge in [-0.15, -0.1) is 0 Å². The molecule has 0 saturated heterocycles. The maximum atomic E-state index is 5.61. The molecule has 3 heteroatoms. The number of pyridine rings is 1. The van der Waals surface area contributed by atoms with Gasteiger partial charge in [0, 0.05) is 21.0 Å². The highest BCUT2D eigenvalue weighted by atomic mass is 127. The summed E-state index contributed by atoms with van der Waals surface area (Å²) in [6.45, 7) is 0. The molecule has 0 saturated carbocycles. The Bertz CT molecular complexity index is 377. The van der Waals surface area contributed by atoms with Crippen molar-refractivity contribution in [1.29, 1.82) is 0 Å². The van der Waals surface area contributed by atoms with Crippen LogP contribution < -0.4 is 5.73 Å². The average molecular weight is 296 g/mol. The van der Waals surface area contributed by atoms with Gasteiger partial charge in [-0.1, -0.05) is 12.1 Å². The first-order chi connectivity index (χ1) is 6.75. The van der Waals surface area contributed by atoms with Crippen molar-refractivity contribution < 1.29 is 0 Å². The lowest BCUT2D eigenvalue weighted by atomic mass is 10.1. The van der Waals surface area contributed by atoms with Gasteiger partial charge in [0.25, 0.3) is 0 Å². The maximum absolute atomic E-state index is 5.61. The Balaban J connectivity index is 2.40. The molecule has 1 aromatic heterocycles. The molecule has 0 fully saturated rings. The van der Waals surface area contributed by atoms with Crippen LogP contribution in [0.4, 0.5) is 5.69 Å². The fourth-order valence-electron chi connectivity index (χ4n) is 1.20. The second kappa shape index (κ2) is 3.96. The third-order valence-electron chi connectivity index (χ3n) is 1.93. The molecule has 0 spiro atoms. The van der Waals surface area contributed by atoms with Crippen LogP contribution in [0.15, 0.2) is 42.6 Å². The number of benzene rings is 1. The van der Waals surface area contributed by atoms with Gasteiger partial charge in [0.15, 0.2) is 0 Å². The third-order valence-corrected chi connectivity index (χ3v) is 2.57. The molecule has 14 heavy (non-hydrogen) atoms. The van der Waals surface area contributed by atoms with Gasteiger partial charge < -0.3 is 5.73 Å². The van der Waals surface area contributed by atoms with E-state index < -0.39 is 0 Å². The zero-order valence-corrected chi connectivity index (χ0v) is 9.60. The first-order valence-corrected chi connectivity index (χ1v) is 5.31. The Labute approximate surface area is 96.3 Å². The van der Waals surface area contributed by atoms with Gasteiger partial charge in [-0.05, 0) is 46.9 Å². The fourth-order valence-corrected chi connectivity index (χ4v) is 1.52. The van der Waals surface area contributed by atoms with Crippen LogP contribution >= 0.6 is 22.6 Å². The highest BCUT2D eigenvalue weighted by molar-refractivity contribution is 14.1. The molecule has 2 rings (SSSR count). The predicted molar refractivity (Wildman–Crippen MR) is 66.8 cm³/mol. The van der Waals surface area contributed by atoms with Gasteiger partial charge in [0.2, 0.25) is 0 Å². The molecule has 0 aliphatic carbocycles. The summed E-state index contributed by atoms with van der Waals surface area (Å²) in [5.74, 6) is 0. The lowest BCUT2D eigenvalue weighted by Crippen LogP contribution is -1.86. The van der Waals surface area contributed by atoms with Gasteiger partial charge in [-0.2, -0.15) is 0 Å². The van der Waals surface area contributed by atoms with Crippen LogP contribution in [-0.4, -0.2) is 4.98 Å². The summed E-state index contributed by atoms with van der Waals surface area (Å²) in [5.41, 5.74) is 8.45. The van der Waals surface area contributed by atoms with Crippen molar-refractivity contribution >= 4 is 28.3 Å². The fraction of sp³-hybridized carbons (Fsp3) is 0. The summed E-state index contributed by atoms with van der Waals surface area (Å²) in [4.78, 5) is 4.33. The number of aromatic nitrogens is 1. The van der Waals surface area contributed by atoms with Crippen molar-refractivity contribution in [3.05, 3.63) is 46.2 Å². The molecule has 1 aromatic carbocycles. The van der Waals surface area contributed by atoms with Gasteiger partial charge in [0.05, 0.1) is 5.69 Å². The van der Waals surface area contributed by atoms with Crippen LogP contribution in [0.2, 0.25) is 0 Å². The standard InChI is InChI=1S/C11H9IN2/c12-9-3-6-11(14-7-9)8-1-4-10(13)5-2-8/h1-7H,13H2. The maximum Gasteiger partial charge on any atom is 0.0702 e. The Kier molecular flexibility index (Phi) is 2.67. The minimum atomic E-state index is 0.777. The SMILES string of the molecule is Nc1ccc(-c2ccc(I)cn2)cc1. The topological polar surface area (TPSA) is 38.9 Å². The monoisotopic (exact) mass is 296 g/mol. The Morgan fingerprint density at radius 3 is 2.29 bits per heavy atom. The molecule has 1 heterocycles. The van der Waals surface area contributed by atoms with Gasteiger partial charge in [-0.25, -0.2) is 0 Å². The first-order valence-electron chi connectivity index (χ1n) is 4.23. The van der Waals surface area contributed by atoms with E-state index in [0.29, 0.717) is 0 Å². The van der Waals surface area contributed by atoms with E-state index in [0.717, 1.165) is 20.5 Å². The van der Waals surface area contributed by atoms with Gasteiger partial charge in [-0.3, -0.25) is 4.98 Å². The zero-order chi connectivity index (χ0) is 9.97. The first kappa shape index (κ1) is 9.45. The van der Waals surface area contributed by atoms with Crippen molar-refractivity contribution in [3.63, 3.8) is 0 Å². The van der Waals surface area contributed by atoms with Crippen LogP contribution in [0.1, 0.15) is 0 Å². The number of nitrogen functional groups attached to an aromatic ring is 1. The molecule has 2 N–H and O–H groups in total. The minimum Gasteiger partial charge on any atom is -0.399 e. The number of halogens is 1. The lowest BCUT2D eigenvalue weighted by Gasteiger charge is -2.00.